The van der Waals surface area contributed by atoms with Gasteiger partial charge in [-0.1, -0.05) is 171 Å². The molecule has 5 unspecified atom stereocenters. The number of nitrogens with zero attached hydrogens (tertiary/aromatic N) is 2. The normalized spacial score (nSPS) is 31.3. The van der Waals surface area contributed by atoms with Gasteiger partial charge in [0.05, 0.1) is 0 Å². The Balaban J connectivity index is 0.00000111. The Hall–Kier alpha value is -0.909. The fourth-order valence-corrected chi connectivity index (χ4v) is 14.3. The predicted octanol–water partition coefficient (Wildman–Crippen LogP) is 11.5. The van der Waals surface area contributed by atoms with Gasteiger partial charge in [-0.15, -0.1) is 0 Å². The van der Waals surface area contributed by atoms with E-state index in [1.54, 1.807) is 0 Å². The Labute approximate surface area is 293 Å². The summed E-state index contributed by atoms with van der Waals surface area (Å²) in [5.74, 6) is 2.41. The average Bonchev–Trinajstić information content (AvgIpc) is 3.43. The summed E-state index contributed by atoms with van der Waals surface area (Å²) in [6.45, 7) is 24.1. The van der Waals surface area contributed by atoms with Crippen molar-refractivity contribution in [3.05, 3.63) is 114 Å². The van der Waals surface area contributed by atoms with Crippen molar-refractivity contribution in [2.75, 3.05) is 0 Å². The number of benzene rings is 1. The maximum atomic E-state index is 5.69. The van der Waals surface area contributed by atoms with E-state index >= 15 is 0 Å². The summed E-state index contributed by atoms with van der Waals surface area (Å²) < 4.78 is 2.93. The van der Waals surface area contributed by atoms with Crippen LogP contribution in [0.3, 0.4) is 0 Å². The van der Waals surface area contributed by atoms with Crippen LogP contribution in [0.1, 0.15) is 72.1 Å². The second-order valence-electron chi connectivity index (χ2n) is 16.3. The summed E-state index contributed by atoms with van der Waals surface area (Å²) >= 11 is -0.556. The van der Waals surface area contributed by atoms with Gasteiger partial charge in [0, 0.05) is 6.04 Å². The van der Waals surface area contributed by atoms with Crippen molar-refractivity contribution in [3.63, 3.8) is 0 Å². The Morgan fingerprint density at radius 3 is 1.62 bits per heavy atom. The minimum atomic E-state index is -2.02. The molecule has 0 spiro atoms. The molecule has 1 saturated heterocycles. The number of fused-ring (bicyclic) bond motifs is 4. The van der Waals surface area contributed by atoms with Crippen molar-refractivity contribution in [2.24, 2.45) is 23.7 Å². The van der Waals surface area contributed by atoms with Crippen molar-refractivity contribution in [2.45, 2.75) is 103 Å². The Bertz CT molecular complexity index is 1350. The van der Waals surface area contributed by atoms with Gasteiger partial charge in [-0.2, -0.15) is 0 Å². The van der Waals surface area contributed by atoms with Crippen molar-refractivity contribution in [1.29, 1.82) is 0 Å². The van der Waals surface area contributed by atoms with E-state index in [0.717, 1.165) is 0 Å². The van der Waals surface area contributed by atoms with Crippen LogP contribution >= 0.6 is 18.6 Å². The molecular weight excluding hydrogens is 643 g/mol. The molecule has 45 heavy (non-hydrogen) atoms. The summed E-state index contributed by atoms with van der Waals surface area (Å²) in [5, 5.41) is 5.69. The standard InChI is InChI=1S/C38H51N2Si.CH3.2ClH.Ti/c1-36(2,3)26-22-25(23-27(24-26)37(4,5)6)28-20-15-21-33-34(28)39-38(7,8)40(33)41(9,10)35-31-18-13-11-16-29(31)30-17-12-14-19-32(30)35;;;;/h11-24,29-35H,1-10H3;1H3;2*1H;/q2*-1;;;+2/p-2/t29?,30?,31?,32?,33-,34?,35?;;;;/m1..../s1. The molecule has 4 aliphatic carbocycles. The van der Waals surface area contributed by atoms with E-state index in [2.05, 4.69) is 158 Å². The molecule has 6 rings (SSSR count). The SMILES string of the molecule is CC(C)(C)c1cc(C2=CC=C[C@@H]3C2[N-]C(C)(C)N3[Si](C)(C)C2C3C=CC=CC3C3C=CC=CC32)cc(C(C)(C)C)c1.[CH3-].[Cl][Ti][Cl]. The monoisotopic (exact) mass is 696 g/mol. The second kappa shape index (κ2) is 13.5. The fraction of sp³-hybridized carbons (Fsp3) is 0.513. The van der Waals surface area contributed by atoms with E-state index in [9.17, 15) is 0 Å². The Morgan fingerprint density at radius 1 is 0.733 bits per heavy atom. The fourth-order valence-electron chi connectivity index (χ4n) is 8.95. The first-order chi connectivity index (χ1) is 20.5. The summed E-state index contributed by atoms with van der Waals surface area (Å²) in [5.41, 5.74) is 6.17. The van der Waals surface area contributed by atoms with Gasteiger partial charge in [-0.3, -0.25) is 0 Å². The molecule has 0 radical (unpaired) electrons. The molecule has 6 heteroatoms. The summed E-state index contributed by atoms with van der Waals surface area (Å²) in [4.78, 5) is 0. The second-order valence-corrected chi connectivity index (χ2v) is 23.4. The zero-order valence-corrected chi connectivity index (χ0v) is 33.3. The first kappa shape index (κ1) is 36.9. The predicted molar refractivity (Wildman–Crippen MR) is 198 cm³/mol. The Morgan fingerprint density at radius 2 is 1.18 bits per heavy atom. The van der Waals surface area contributed by atoms with Crippen LogP contribution in [0.25, 0.3) is 10.9 Å². The molecule has 1 aromatic carbocycles. The molecule has 1 heterocycles. The van der Waals surface area contributed by atoms with E-state index in [4.69, 9.17) is 23.9 Å². The van der Waals surface area contributed by atoms with Gasteiger partial charge >= 0.3 is 35.6 Å². The molecule has 1 aliphatic heterocycles. The third kappa shape index (κ3) is 6.98. The van der Waals surface area contributed by atoms with Gasteiger partial charge in [-0.25, -0.2) is 0 Å². The van der Waals surface area contributed by atoms with Crippen molar-refractivity contribution in [3.8, 4) is 0 Å². The van der Waals surface area contributed by atoms with Gasteiger partial charge < -0.3 is 17.3 Å². The maximum absolute atomic E-state index is 5.69. The molecule has 0 N–H and O–H groups in total. The number of allylic oxidation sites excluding steroid dienone is 10. The van der Waals surface area contributed by atoms with Crippen molar-refractivity contribution < 1.29 is 17.0 Å². The minimum absolute atomic E-state index is 0. The van der Waals surface area contributed by atoms with Gasteiger partial charge in [0.1, 0.15) is 8.24 Å². The third-order valence-corrected chi connectivity index (χ3v) is 15.2. The number of hydrogen-bond acceptors (Lipinski definition) is 1. The van der Waals surface area contributed by atoms with Crippen LogP contribution in [0.15, 0.2) is 85.0 Å². The molecule has 5 aliphatic rings. The molecule has 2 fully saturated rings. The van der Waals surface area contributed by atoms with Crippen LogP contribution in [0.4, 0.5) is 0 Å². The van der Waals surface area contributed by atoms with Gasteiger partial charge in [0.2, 0.25) is 0 Å². The van der Waals surface area contributed by atoms with Crippen molar-refractivity contribution in [1.82, 2.24) is 4.57 Å². The average molecular weight is 698 g/mol. The van der Waals surface area contributed by atoms with E-state index in [0.29, 0.717) is 35.3 Å². The molecule has 0 aromatic heterocycles. The van der Waals surface area contributed by atoms with Crippen LogP contribution in [0, 0.1) is 31.1 Å². The molecule has 0 amide bonds. The van der Waals surface area contributed by atoms with Crippen LogP contribution in [0.2, 0.25) is 18.6 Å². The molecule has 1 aromatic rings. The summed E-state index contributed by atoms with van der Waals surface area (Å²) in [7, 11) is 7.76. The first-order valence-electron chi connectivity index (χ1n) is 16.2. The van der Waals surface area contributed by atoms with E-state index < -0.39 is 25.3 Å². The van der Waals surface area contributed by atoms with E-state index in [1.807, 2.05) is 0 Å². The van der Waals surface area contributed by atoms with E-state index in [1.165, 1.54) is 22.3 Å². The summed E-state index contributed by atoms with van der Waals surface area (Å²) in [6, 6.07) is 7.79. The van der Waals surface area contributed by atoms with Crippen LogP contribution < -0.4 is 0 Å². The van der Waals surface area contributed by atoms with Crippen LogP contribution in [-0.4, -0.2) is 30.5 Å². The van der Waals surface area contributed by atoms with Gasteiger partial charge in [-0.05, 0) is 56.7 Å². The molecule has 244 valence electrons. The summed E-state index contributed by atoms with van der Waals surface area (Å²) in [6.07, 6.45) is 26.4. The molecule has 2 nitrogen and oxygen atoms in total. The number of rotatable bonds is 3. The van der Waals surface area contributed by atoms with E-state index in [-0.39, 0.29) is 30.0 Å². The van der Waals surface area contributed by atoms with Crippen LogP contribution in [0.5, 0.6) is 0 Å². The van der Waals surface area contributed by atoms with Crippen LogP contribution in [-0.2, 0) is 27.9 Å². The zero-order valence-electron chi connectivity index (χ0n) is 29.3. The molecule has 1 saturated carbocycles. The number of hydrogen-bond donors (Lipinski definition) is 0. The van der Waals surface area contributed by atoms with Gasteiger partial charge in [0.15, 0.2) is 0 Å². The molecule has 6 atom stereocenters. The quantitative estimate of drug-likeness (QED) is 0.227. The number of halogens is 2. The topological polar surface area (TPSA) is 17.3 Å². The third-order valence-electron chi connectivity index (χ3n) is 10.7. The molecular formula is C39H54Cl2N2SiTi-2. The zero-order chi connectivity index (χ0) is 32.2. The first-order valence-corrected chi connectivity index (χ1v) is 23.6. The van der Waals surface area contributed by atoms with Crippen molar-refractivity contribution >= 4 is 32.4 Å². The molecule has 0 bridgehead atoms. The van der Waals surface area contributed by atoms with Gasteiger partial charge in [0.25, 0.3) is 0 Å². The Kier molecular flexibility index (Phi) is 11.1.